The van der Waals surface area contributed by atoms with Gasteiger partial charge >= 0.3 is 0 Å². The Labute approximate surface area is 187 Å². The van der Waals surface area contributed by atoms with E-state index in [4.69, 9.17) is 4.99 Å². The van der Waals surface area contributed by atoms with Crippen LogP contribution in [-0.2, 0) is 4.79 Å². The van der Waals surface area contributed by atoms with E-state index in [-0.39, 0.29) is 5.91 Å². The molecule has 2 atom stereocenters. The Kier molecular flexibility index (Phi) is 15.7. The average Bonchev–Trinajstić information content (AvgIpc) is 3.13. The fourth-order valence-corrected chi connectivity index (χ4v) is 4.52. The molecule has 0 aromatic rings. The highest BCUT2D eigenvalue weighted by Gasteiger charge is 2.37. The van der Waals surface area contributed by atoms with Crippen LogP contribution in [0.15, 0.2) is 17.1 Å². The van der Waals surface area contributed by atoms with Crippen molar-refractivity contribution in [3.05, 3.63) is 12.2 Å². The molecule has 0 fully saturated rings. The van der Waals surface area contributed by atoms with Crippen molar-refractivity contribution in [2.24, 2.45) is 4.99 Å². The molecule has 174 valence electrons. The summed E-state index contributed by atoms with van der Waals surface area (Å²) in [7, 11) is 0. The van der Waals surface area contributed by atoms with Gasteiger partial charge in [0, 0.05) is 13.3 Å². The summed E-state index contributed by atoms with van der Waals surface area (Å²) in [5.41, 5.74) is 0. The van der Waals surface area contributed by atoms with Gasteiger partial charge in [-0.3, -0.25) is 9.28 Å². The smallest absolute Gasteiger partial charge is 0.217 e. The first-order chi connectivity index (χ1) is 14.6. The highest BCUT2D eigenvalue weighted by atomic mass is 16.1. The van der Waals surface area contributed by atoms with Gasteiger partial charge in [0.25, 0.3) is 0 Å². The number of likely N-dealkylation sites (N-methyl/N-ethyl adjacent to an activating group) is 1. The first-order valence-electron chi connectivity index (χ1n) is 12.9. The van der Waals surface area contributed by atoms with Gasteiger partial charge < -0.3 is 5.32 Å². The molecule has 1 N–H and O–H groups in total. The summed E-state index contributed by atoms with van der Waals surface area (Å²) >= 11 is 0. The van der Waals surface area contributed by atoms with Crippen molar-refractivity contribution in [3.8, 4) is 0 Å². The number of aliphatic imine (C=N–C) groups is 1. The van der Waals surface area contributed by atoms with Gasteiger partial charge in [0.05, 0.1) is 25.8 Å². The van der Waals surface area contributed by atoms with Crippen LogP contribution < -0.4 is 5.32 Å². The number of rotatable bonds is 19. The normalized spacial score (nSPS) is 21.0. The molecule has 1 heterocycles. The molecular weight excluding hydrogens is 370 g/mol. The van der Waals surface area contributed by atoms with Gasteiger partial charge in [0.15, 0.2) is 6.17 Å². The zero-order chi connectivity index (χ0) is 21.9. The quantitative estimate of drug-likeness (QED) is 0.146. The molecule has 4 heteroatoms. The molecule has 0 aromatic heterocycles. The van der Waals surface area contributed by atoms with Crippen molar-refractivity contribution in [3.63, 3.8) is 0 Å². The number of unbranched alkanes of at least 4 members (excludes halogenated alkanes) is 11. The number of quaternary nitrogens is 1. The predicted molar refractivity (Wildman–Crippen MR) is 131 cm³/mol. The summed E-state index contributed by atoms with van der Waals surface area (Å²) in [5, 5.41) is 2.96. The zero-order valence-corrected chi connectivity index (χ0v) is 20.3. The number of hydrogen-bond donors (Lipinski definition) is 1. The van der Waals surface area contributed by atoms with Gasteiger partial charge in [-0.1, -0.05) is 76.9 Å². The van der Waals surface area contributed by atoms with Gasteiger partial charge in [-0.05, 0) is 32.6 Å². The van der Waals surface area contributed by atoms with Crippen LogP contribution in [0, 0.1) is 0 Å². The van der Waals surface area contributed by atoms with E-state index in [1.165, 1.54) is 89.9 Å². The topological polar surface area (TPSA) is 41.5 Å². The molecule has 0 aromatic carbocycles. The number of nitrogens with zero attached hydrogens (tertiary/aromatic N) is 2. The van der Waals surface area contributed by atoms with Crippen molar-refractivity contribution < 1.29 is 9.28 Å². The minimum Gasteiger partial charge on any atom is -0.351 e. The lowest BCUT2D eigenvalue weighted by Gasteiger charge is -2.38. The van der Waals surface area contributed by atoms with Gasteiger partial charge in [-0.2, -0.15) is 0 Å². The fraction of sp³-hybridized carbons (Fsp3) is 0.846. The third kappa shape index (κ3) is 11.9. The third-order valence-corrected chi connectivity index (χ3v) is 6.64. The third-order valence-electron chi connectivity index (χ3n) is 6.64. The standard InChI is InChI=1S/C26H49N3O/c1-4-6-7-8-9-10-11-12-13-14-15-16-17-18-19-20-26-28-22-24-29(26,5-2)23-21-27-25(3)30/h8-9,22,26H,4-7,10-21,23-24H2,1-3H3/p+1/b9-8+. The molecule has 1 amide bonds. The SMILES string of the molecule is CCCC/C=C/CCCCCCCCCCCC1N=CC[N+]1(CC)CCNC(C)=O. The maximum Gasteiger partial charge on any atom is 0.217 e. The lowest BCUT2D eigenvalue weighted by atomic mass is 10.0. The Morgan fingerprint density at radius 1 is 0.967 bits per heavy atom. The van der Waals surface area contributed by atoms with E-state index in [1.54, 1.807) is 6.92 Å². The van der Waals surface area contributed by atoms with Gasteiger partial charge in [-0.15, -0.1) is 0 Å². The average molecular weight is 421 g/mol. The Bertz CT molecular complexity index is 489. The molecule has 2 unspecified atom stereocenters. The van der Waals surface area contributed by atoms with Crippen molar-refractivity contribution in [1.29, 1.82) is 0 Å². The molecule has 0 aliphatic carbocycles. The number of nitrogens with one attached hydrogen (secondary N) is 1. The van der Waals surface area contributed by atoms with E-state index < -0.39 is 0 Å². The maximum atomic E-state index is 11.2. The van der Waals surface area contributed by atoms with E-state index in [1.807, 2.05) is 0 Å². The molecule has 30 heavy (non-hydrogen) atoms. The number of allylic oxidation sites excluding steroid dienone is 2. The zero-order valence-electron chi connectivity index (χ0n) is 20.3. The minimum absolute atomic E-state index is 0.0696. The van der Waals surface area contributed by atoms with Gasteiger partial charge in [0.2, 0.25) is 5.91 Å². The molecule has 0 saturated heterocycles. The molecule has 4 nitrogen and oxygen atoms in total. The Morgan fingerprint density at radius 3 is 2.17 bits per heavy atom. The molecule has 0 saturated carbocycles. The molecule has 1 rings (SSSR count). The second-order valence-electron chi connectivity index (χ2n) is 9.11. The van der Waals surface area contributed by atoms with Gasteiger partial charge in [0.1, 0.15) is 6.54 Å². The van der Waals surface area contributed by atoms with Crippen LogP contribution in [0.1, 0.15) is 111 Å². The van der Waals surface area contributed by atoms with Crippen molar-refractivity contribution in [2.45, 2.75) is 117 Å². The lowest BCUT2D eigenvalue weighted by Crippen LogP contribution is -2.55. The molecule has 0 radical (unpaired) electrons. The van der Waals surface area contributed by atoms with Crippen LogP contribution in [0.3, 0.4) is 0 Å². The summed E-state index contributed by atoms with van der Waals surface area (Å²) in [6.45, 7) is 9.99. The Morgan fingerprint density at radius 2 is 1.57 bits per heavy atom. The van der Waals surface area contributed by atoms with Crippen molar-refractivity contribution in [1.82, 2.24) is 5.32 Å². The number of amides is 1. The summed E-state index contributed by atoms with van der Waals surface area (Å²) in [6, 6.07) is 0. The fourth-order valence-electron chi connectivity index (χ4n) is 4.52. The first kappa shape index (κ1) is 26.9. The second kappa shape index (κ2) is 17.5. The van der Waals surface area contributed by atoms with E-state index in [0.717, 1.165) is 30.7 Å². The van der Waals surface area contributed by atoms with E-state index in [0.29, 0.717) is 6.17 Å². The summed E-state index contributed by atoms with van der Waals surface area (Å²) in [5.74, 6) is 0.0696. The van der Waals surface area contributed by atoms with Gasteiger partial charge in [-0.25, -0.2) is 4.99 Å². The second-order valence-corrected chi connectivity index (χ2v) is 9.11. The molecule has 1 aliphatic heterocycles. The Hall–Kier alpha value is -1.16. The number of carbonyl (C=O) groups is 1. The lowest BCUT2D eigenvalue weighted by molar-refractivity contribution is -0.935. The van der Waals surface area contributed by atoms with E-state index in [9.17, 15) is 4.79 Å². The van der Waals surface area contributed by atoms with Crippen LogP contribution in [-0.4, -0.2) is 48.9 Å². The minimum atomic E-state index is 0.0696. The van der Waals surface area contributed by atoms with Crippen LogP contribution >= 0.6 is 0 Å². The Balaban J connectivity index is 1.99. The highest BCUT2D eigenvalue weighted by molar-refractivity contribution is 5.72. The molecule has 0 spiro atoms. The summed E-state index contributed by atoms with van der Waals surface area (Å²) in [6.07, 6.45) is 26.0. The first-order valence-corrected chi connectivity index (χ1v) is 12.9. The van der Waals surface area contributed by atoms with E-state index in [2.05, 4.69) is 37.5 Å². The van der Waals surface area contributed by atoms with Crippen LogP contribution in [0.4, 0.5) is 0 Å². The molecule has 0 bridgehead atoms. The van der Waals surface area contributed by atoms with Crippen molar-refractivity contribution in [2.75, 3.05) is 26.2 Å². The van der Waals surface area contributed by atoms with Crippen LogP contribution in [0.2, 0.25) is 0 Å². The van der Waals surface area contributed by atoms with Crippen LogP contribution in [0.25, 0.3) is 0 Å². The number of hydrogen-bond acceptors (Lipinski definition) is 2. The molecular formula is C26H50N3O+. The predicted octanol–water partition coefficient (Wildman–Crippen LogP) is 6.41. The number of carbonyl (C=O) groups excluding carboxylic acids is 1. The molecule has 1 aliphatic rings. The summed E-state index contributed by atoms with van der Waals surface area (Å²) < 4.78 is 1.02. The van der Waals surface area contributed by atoms with Crippen LogP contribution in [0.5, 0.6) is 0 Å². The maximum absolute atomic E-state index is 11.2. The van der Waals surface area contributed by atoms with Crippen molar-refractivity contribution >= 4 is 12.1 Å². The monoisotopic (exact) mass is 420 g/mol. The summed E-state index contributed by atoms with van der Waals surface area (Å²) in [4.78, 5) is 16.0. The van der Waals surface area contributed by atoms with E-state index >= 15 is 0 Å². The highest BCUT2D eigenvalue weighted by Crippen LogP contribution is 2.24. The largest absolute Gasteiger partial charge is 0.351 e.